The average Bonchev–Trinajstić information content (AvgIpc) is 0.811. The molecule has 0 heterocycles. The predicted molar refractivity (Wildman–Crippen MR) is 20.1 cm³/mol. The zero-order valence-electron chi connectivity index (χ0n) is 1.71. The quantitative estimate of drug-likeness (QED) is 0.214. The van der Waals surface area contributed by atoms with Crippen LogP contribution in [0.1, 0.15) is 0 Å². The van der Waals surface area contributed by atoms with E-state index < -0.39 is 11.0 Å². The number of rotatable bonds is 0. The number of hydrogen-bond donors (Lipinski definition) is 2. The van der Waals surface area contributed by atoms with E-state index in [9.17, 15) is 0 Å². The Morgan fingerprint density at radius 2 is 1.40 bits per heavy atom. The molecule has 0 saturated heterocycles. The molecular weight excluding hydrogens is 87.0 g/mol. The Morgan fingerprint density at radius 3 is 1.40 bits per heavy atom. The summed E-state index contributed by atoms with van der Waals surface area (Å²) >= 11 is 0. The van der Waals surface area contributed by atoms with Crippen molar-refractivity contribution >= 4 is 29.8 Å². The molecule has 0 aliphatic heterocycles. The van der Waals surface area contributed by atoms with Crippen molar-refractivity contribution in [1.29, 1.82) is 0 Å². The van der Waals surface area contributed by atoms with Gasteiger partial charge in [-0.15, -0.1) is 0 Å². The first kappa shape index (κ1) is 9.10. The van der Waals surface area contributed by atoms with Crippen LogP contribution < -0.4 is 0 Å². The van der Waals surface area contributed by atoms with Gasteiger partial charge in [-0.2, -0.15) is 0 Å². The first-order valence-electron chi connectivity index (χ1n) is 0.565. The van der Waals surface area contributed by atoms with Gasteiger partial charge in [0.05, 0.1) is 0 Å². The van der Waals surface area contributed by atoms with Crippen LogP contribution in [0.5, 0.6) is 0 Å². The summed E-state index contributed by atoms with van der Waals surface area (Å²) in [5, 5.41) is 0. The summed E-state index contributed by atoms with van der Waals surface area (Å²) in [5.74, 6) is 0. The summed E-state index contributed by atoms with van der Waals surface area (Å²) in [7, 11) is -3.12. The summed E-state index contributed by atoms with van der Waals surface area (Å²) < 4.78 is 24.2. The van der Waals surface area contributed by atoms with Gasteiger partial charge in [0.25, 0.3) is 11.0 Å². The Morgan fingerprint density at radius 1 is 1.40 bits per heavy atom. The number of thiol groups is 1. The van der Waals surface area contributed by atoms with Crippen LogP contribution in [0.25, 0.3) is 0 Å². The summed E-state index contributed by atoms with van der Waals surface area (Å²) in [4.78, 5) is 0. The van der Waals surface area contributed by atoms with Crippen molar-refractivity contribution in [3.8, 4) is 0 Å². The van der Waals surface area contributed by atoms with E-state index in [2.05, 4.69) is 0 Å². The molecule has 0 unspecified atom stereocenters. The Labute approximate surface area is 43.3 Å². The van der Waals surface area contributed by atoms with Crippen molar-refractivity contribution in [1.82, 2.24) is 0 Å². The predicted octanol–water partition coefficient (Wildman–Crippen LogP) is -1.58. The van der Waals surface area contributed by atoms with Crippen LogP contribution in [0, 0.1) is 0 Å². The van der Waals surface area contributed by atoms with Crippen molar-refractivity contribution in [2.45, 2.75) is 0 Å². The van der Waals surface area contributed by atoms with Gasteiger partial charge in [-0.3, -0.25) is 4.55 Å². The second-order valence-electron chi connectivity index (χ2n) is 0.238. The maximum absolute atomic E-state index is 8.59. The van der Waals surface area contributed by atoms with Gasteiger partial charge in [0.15, 0.2) is 0 Å². The molecule has 5 heavy (non-hydrogen) atoms. The zero-order chi connectivity index (χ0) is 3.58. The van der Waals surface area contributed by atoms with Gasteiger partial charge >= 0.3 is 18.9 Å². The molecule has 28 valence electrons. The SMILES string of the molecule is O=[SH](=O)O.[LiH]. The Balaban J connectivity index is 0. The molecule has 0 fully saturated rings. The van der Waals surface area contributed by atoms with Crippen LogP contribution in [0.4, 0.5) is 0 Å². The van der Waals surface area contributed by atoms with Gasteiger partial charge in [0, 0.05) is 0 Å². The Kier molecular flexibility index (Phi) is 8.20. The summed E-state index contributed by atoms with van der Waals surface area (Å²) in [6.07, 6.45) is 0. The van der Waals surface area contributed by atoms with Crippen LogP contribution in [-0.4, -0.2) is 31.8 Å². The molecule has 0 aliphatic carbocycles. The van der Waals surface area contributed by atoms with E-state index in [0.29, 0.717) is 0 Å². The second kappa shape index (κ2) is 4.51. The van der Waals surface area contributed by atoms with Gasteiger partial charge < -0.3 is 0 Å². The molecular formula is H3LiO3S. The van der Waals surface area contributed by atoms with E-state index in [4.69, 9.17) is 13.0 Å². The third-order valence-corrected chi connectivity index (χ3v) is 0. The molecule has 0 spiro atoms. The first-order valence-corrected chi connectivity index (χ1v) is 1.70. The van der Waals surface area contributed by atoms with Gasteiger partial charge in [0.2, 0.25) is 0 Å². The van der Waals surface area contributed by atoms with Crippen molar-refractivity contribution in [3.63, 3.8) is 0 Å². The molecule has 0 rings (SSSR count). The van der Waals surface area contributed by atoms with E-state index in [1.165, 1.54) is 0 Å². The molecule has 0 amide bonds. The fourth-order valence-corrected chi connectivity index (χ4v) is 0. The van der Waals surface area contributed by atoms with Crippen molar-refractivity contribution in [2.75, 3.05) is 0 Å². The molecule has 0 atom stereocenters. The van der Waals surface area contributed by atoms with Crippen LogP contribution in [0.2, 0.25) is 0 Å². The average molecular weight is 90.0 g/mol. The monoisotopic (exact) mass is 90.0 g/mol. The fraction of sp³-hybridized carbons (Fsp3) is 0. The van der Waals surface area contributed by atoms with E-state index in [1.54, 1.807) is 0 Å². The van der Waals surface area contributed by atoms with E-state index >= 15 is 0 Å². The third-order valence-electron chi connectivity index (χ3n) is 0. The zero-order valence-corrected chi connectivity index (χ0v) is 2.61. The minimum absolute atomic E-state index is 0. The van der Waals surface area contributed by atoms with Crippen LogP contribution >= 0.6 is 0 Å². The summed E-state index contributed by atoms with van der Waals surface area (Å²) in [5.41, 5.74) is 0. The van der Waals surface area contributed by atoms with Gasteiger partial charge in [-0.05, 0) is 0 Å². The normalized spacial score (nSPS) is 6.80. The van der Waals surface area contributed by atoms with Gasteiger partial charge in [0.1, 0.15) is 0 Å². The van der Waals surface area contributed by atoms with Gasteiger partial charge in [-0.25, -0.2) is 8.42 Å². The fourth-order valence-electron chi connectivity index (χ4n) is 0. The van der Waals surface area contributed by atoms with E-state index in [1.807, 2.05) is 0 Å². The molecule has 5 heteroatoms. The van der Waals surface area contributed by atoms with Crippen LogP contribution in [0.3, 0.4) is 0 Å². The molecule has 3 nitrogen and oxygen atoms in total. The molecule has 0 aromatic carbocycles. The standard InChI is InChI=1S/Li.H2O3S.H/c;1-4(2)3;/h;4H,(H,1,2,3);. The Hall–Kier alpha value is 0.507. The molecule has 0 aromatic rings. The molecule has 0 aromatic heterocycles. The minimum atomic E-state index is -3.12. The Bertz CT molecular complexity index is 55.3. The number of hydrogen-bond acceptors (Lipinski definition) is 2. The van der Waals surface area contributed by atoms with Crippen molar-refractivity contribution in [3.05, 3.63) is 0 Å². The molecule has 0 saturated carbocycles. The molecule has 0 radical (unpaired) electrons. The van der Waals surface area contributed by atoms with Crippen molar-refractivity contribution in [2.24, 2.45) is 0 Å². The van der Waals surface area contributed by atoms with E-state index in [0.717, 1.165) is 0 Å². The third kappa shape index (κ3) is 110. The van der Waals surface area contributed by atoms with E-state index in [-0.39, 0.29) is 18.9 Å². The van der Waals surface area contributed by atoms with Crippen LogP contribution in [0.15, 0.2) is 0 Å². The first-order chi connectivity index (χ1) is 1.73. The molecule has 1 N–H and O–H groups in total. The van der Waals surface area contributed by atoms with Crippen LogP contribution in [-0.2, 0) is 11.0 Å². The topological polar surface area (TPSA) is 54.4 Å². The van der Waals surface area contributed by atoms with Gasteiger partial charge in [-0.1, -0.05) is 0 Å². The van der Waals surface area contributed by atoms with Crippen molar-refractivity contribution < 1.29 is 13.0 Å². The summed E-state index contributed by atoms with van der Waals surface area (Å²) in [6, 6.07) is 0. The maximum atomic E-state index is 8.59. The second-order valence-corrected chi connectivity index (χ2v) is 0.714. The summed E-state index contributed by atoms with van der Waals surface area (Å²) in [6.45, 7) is 0. The molecule has 0 aliphatic rings. The molecule has 0 bridgehead atoms.